The zero-order valence-corrected chi connectivity index (χ0v) is 17.1. The van der Waals surface area contributed by atoms with Crippen molar-refractivity contribution in [1.29, 1.82) is 0 Å². The fourth-order valence-electron chi connectivity index (χ4n) is 3.59. The van der Waals surface area contributed by atoms with Crippen molar-refractivity contribution in [2.75, 3.05) is 37.7 Å². The normalized spacial score (nSPS) is 15.5. The fourth-order valence-corrected chi connectivity index (χ4v) is 3.59. The number of hydrogen-bond acceptors (Lipinski definition) is 7. The second-order valence-electron chi connectivity index (χ2n) is 7.53. The second kappa shape index (κ2) is 8.33. The highest BCUT2D eigenvalue weighted by Crippen LogP contribution is 2.21. The number of nitrogens with one attached hydrogen (secondary N) is 2. The van der Waals surface area contributed by atoms with Crippen molar-refractivity contribution >= 4 is 17.1 Å². The molecule has 10 nitrogen and oxygen atoms in total. The third kappa shape index (κ3) is 3.96. The molecule has 1 aliphatic heterocycles. The Hall–Kier alpha value is -3.11. The molecule has 1 saturated heterocycles. The molecule has 0 amide bonds. The van der Waals surface area contributed by atoms with Crippen LogP contribution in [0.15, 0.2) is 33.9 Å². The average Bonchev–Trinajstić information content (AvgIpc) is 3.12. The number of piperazine rings is 1. The molecule has 0 aliphatic carbocycles. The number of H-pyrrole nitrogens is 1. The van der Waals surface area contributed by atoms with Gasteiger partial charge in [0.25, 0.3) is 5.56 Å². The molecule has 0 spiro atoms. The third-order valence-corrected chi connectivity index (χ3v) is 5.24. The quantitative estimate of drug-likeness (QED) is 0.502. The summed E-state index contributed by atoms with van der Waals surface area (Å²) in [7, 11) is 1.57. The molecule has 4 rings (SSSR count). The average molecular weight is 414 g/mol. The summed E-state index contributed by atoms with van der Waals surface area (Å²) < 4.78 is 8.69. The minimum absolute atomic E-state index is 0.0629. The number of aliphatic hydroxyl groups is 1. The summed E-state index contributed by atoms with van der Waals surface area (Å²) in [5, 5.41) is 13.9. The molecule has 1 atom stereocenters. The molecule has 2 aromatic heterocycles. The Bertz CT molecular complexity index is 1140. The van der Waals surface area contributed by atoms with Gasteiger partial charge >= 0.3 is 5.69 Å². The van der Waals surface area contributed by atoms with Gasteiger partial charge in [0.15, 0.2) is 11.2 Å². The molecule has 0 saturated carbocycles. The van der Waals surface area contributed by atoms with Gasteiger partial charge in [0.1, 0.15) is 18.5 Å². The highest BCUT2D eigenvalue weighted by atomic mass is 16.5. The summed E-state index contributed by atoms with van der Waals surface area (Å²) in [5.41, 5.74) is 0.642. The number of fused-ring (bicyclic) bond motifs is 1. The number of hydrogen-bond donors (Lipinski definition) is 3. The number of benzene rings is 1. The number of aromatic nitrogens is 4. The Morgan fingerprint density at radius 3 is 2.60 bits per heavy atom. The lowest BCUT2D eigenvalue weighted by Gasteiger charge is -2.29. The van der Waals surface area contributed by atoms with E-state index < -0.39 is 17.4 Å². The lowest BCUT2D eigenvalue weighted by Crippen LogP contribution is -2.45. The summed E-state index contributed by atoms with van der Waals surface area (Å²) in [6.45, 7) is 5.17. The molecule has 0 bridgehead atoms. The molecule has 1 aromatic carbocycles. The van der Waals surface area contributed by atoms with Crippen molar-refractivity contribution in [3.63, 3.8) is 0 Å². The lowest BCUT2D eigenvalue weighted by molar-refractivity contribution is 0.0936. The summed E-state index contributed by atoms with van der Waals surface area (Å²) in [5.74, 6) is 1.23. The number of aliphatic hydroxyl groups excluding tert-OH is 1. The van der Waals surface area contributed by atoms with E-state index >= 15 is 0 Å². The summed E-state index contributed by atoms with van der Waals surface area (Å²) in [6, 6.07) is 7.57. The maximum absolute atomic E-state index is 12.6. The number of ether oxygens (including phenoxy) is 1. The van der Waals surface area contributed by atoms with Crippen LogP contribution in [0.5, 0.6) is 5.75 Å². The first-order chi connectivity index (χ1) is 14.4. The van der Waals surface area contributed by atoms with Crippen LogP contribution < -0.4 is 26.2 Å². The standard InChI is InChI=1S/C20H26N6O4/c1-13-3-5-15(6-4-13)30-12-14(27)11-26-16-17(24(2)20(29)23-18(16)28)22-19(26)25-9-7-21-8-10-25/h3-6,14,21,27H,7-12H2,1-2H3,(H,23,28,29)/t14-/m0/s1. The third-order valence-electron chi connectivity index (χ3n) is 5.24. The smallest absolute Gasteiger partial charge is 0.329 e. The van der Waals surface area contributed by atoms with Crippen LogP contribution in [0.1, 0.15) is 5.56 Å². The summed E-state index contributed by atoms with van der Waals surface area (Å²) in [4.78, 5) is 33.6. The van der Waals surface area contributed by atoms with Gasteiger partial charge in [-0.2, -0.15) is 4.98 Å². The Morgan fingerprint density at radius 2 is 1.90 bits per heavy atom. The minimum Gasteiger partial charge on any atom is -0.491 e. The van der Waals surface area contributed by atoms with Gasteiger partial charge in [0.05, 0.1) is 6.54 Å². The van der Waals surface area contributed by atoms with Crippen LogP contribution in [0.25, 0.3) is 11.2 Å². The first-order valence-electron chi connectivity index (χ1n) is 9.97. The van der Waals surface area contributed by atoms with Gasteiger partial charge in [-0.1, -0.05) is 17.7 Å². The van der Waals surface area contributed by atoms with E-state index in [1.807, 2.05) is 36.1 Å². The van der Waals surface area contributed by atoms with E-state index in [2.05, 4.69) is 15.3 Å². The van der Waals surface area contributed by atoms with Gasteiger partial charge in [-0.05, 0) is 19.1 Å². The minimum atomic E-state index is -0.873. The highest BCUT2D eigenvalue weighted by molar-refractivity contribution is 5.74. The lowest BCUT2D eigenvalue weighted by atomic mass is 10.2. The van der Waals surface area contributed by atoms with Gasteiger partial charge in [-0.25, -0.2) is 4.79 Å². The van der Waals surface area contributed by atoms with E-state index in [0.717, 1.165) is 18.7 Å². The predicted molar refractivity (Wildman–Crippen MR) is 113 cm³/mol. The number of anilines is 1. The number of rotatable bonds is 6. The molecule has 30 heavy (non-hydrogen) atoms. The summed E-state index contributed by atoms with van der Waals surface area (Å²) in [6.07, 6.45) is -0.873. The number of aryl methyl sites for hydroxylation is 2. The maximum atomic E-state index is 12.6. The topological polar surface area (TPSA) is 117 Å². The van der Waals surface area contributed by atoms with E-state index in [0.29, 0.717) is 30.4 Å². The molecule has 160 valence electrons. The zero-order valence-electron chi connectivity index (χ0n) is 17.1. The molecule has 0 radical (unpaired) electrons. The predicted octanol–water partition coefficient (Wildman–Crippen LogP) is -0.419. The van der Waals surface area contributed by atoms with Crippen LogP contribution >= 0.6 is 0 Å². The van der Waals surface area contributed by atoms with Crippen LogP contribution in [0.2, 0.25) is 0 Å². The van der Waals surface area contributed by atoms with Crippen molar-refractivity contribution in [2.24, 2.45) is 7.05 Å². The maximum Gasteiger partial charge on any atom is 0.329 e. The van der Waals surface area contributed by atoms with Crippen molar-refractivity contribution < 1.29 is 9.84 Å². The Labute approximate surface area is 172 Å². The first kappa shape index (κ1) is 20.2. The number of aromatic amines is 1. The molecule has 1 aliphatic rings. The Kier molecular flexibility index (Phi) is 5.60. The van der Waals surface area contributed by atoms with E-state index in [1.165, 1.54) is 4.57 Å². The Morgan fingerprint density at radius 1 is 1.20 bits per heavy atom. The number of imidazole rings is 1. The van der Waals surface area contributed by atoms with E-state index in [4.69, 9.17) is 4.74 Å². The molecular formula is C20H26N6O4. The SMILES string of the molecule is Cc1ccc(OC[C@@H](O)Cn2c(N3CCNCC3)nc3c2c(=O)[nH]c(=O)n3C)cc1. The van der Waals surface area contributed by atoms with E-state index in [-0.39, 0.29) is 18.7 Å². The molecule has 3 N–H and O–H groups in total. The monoisotopic (exact) mass is 414 g/mol. The van der Waals surface area contributed by atoms with Crippen molar-refractivity contribution in [3.05, 3.63) is 50.7 Å². The van der Waals surface area contributed by atoms with Crippen molar-refractivity contribution in [3.8, 4) is 5.75 Å². The largest absolute Gasteiger partial charge is 0.491 e. The second-order valence-corrected chi connectivity index (χ2v) is 7.53. The number of nitrogens with zero attached hydrogens (tertiary/aromatic N) is 4. The van der Waals surface area contributed by atoms with E-state index in [1.54, 1.807) is 11.6 Å². The molecular weight excluding hydrogens is 388 g/mol. The van der Waals surface area contributed by atoms with E-state index in [9.17, 15) is 14.7 Å². The van der Waals surface area contributed by atoms with Gasteiger partial charge in [0, 0.05) is 33.2 Å². The van der Waals surface area contributed by atoms with Gasteiger partial charge in [-0.15, -0.1) is 0 Å². The van der Waals surface area contributed by atoms with Crippen LogP contribution in [-0.4, -0.2) is 63.1 Å². The zero-order chi connectivity index (χ0) is 21.3. The Balaban J connectivity index is 1.65. The van der Waals surface area contributed by atoms with Crippen LogP contribution in [-0.2, 0) is 13.6 Å². The molecule has 10 heteroatoms. The van der Waals surface area contributed by atoms with Gasteiger partial charge in [-0.3, -0.25) is 14.3 Å². The van der Waals surface area contributed by atoms with Gasteiger partial charge in [0.2, 0.25) is 5.95 Å². The highest BCUT2D eigenvalue weighted by Gasteiger charge is 2.24. The fraction of sp³-hybridized carbons (Fsp3) is 0.450. The van der Waals surface area contributed by atoms with Crippen molar-refractivity contribution in [1.82, 2.24) is 24.4 Å². The molecule has 0 unspecified atom stereocenters. The first-order valence-corrected chi connectivity index (χ1v) is 9.97. The van der Waals surface area contributed by atoms with Crippen LogP contribution in [0.4, 0.5) is 5.95 Å². The van der Waals surface area contributed by atoms with Crippen LogP contribution in [0, 0.1) is 6.92 Å². The summed E-state index contributed by atoms with van der Waals surface area (Å²) >= 11 is 0. The van der Waals surface area contributed by atoms with Gasteiger partial charge < -0.3 is 24.6 Å². The molecule has 1 fully saturated rings. The van der Waals surface area contributed by atoms with Crippen molar-refractivity contribution in [2.45, 2.75) is 19.6 Å². The molecule has 3 heterocycles. The molecule has 3 aromatic rings. The van der Waals surface area contributed by atoms with Crippen LogP contribution in [0.3, 0.4) is 0 Å².